The number of carbonyl (C=O) groups excluding carboxylic acids is 1. The van der Waals surface area contributed by atoms with Gasteiger partial charge in [0.25, 0.3) is 0 Å². The number of aromatic nitrogens is 1. The fourth-order valence-electron chi connectivity index (χ4n) is 2.03. The molecule has 106 valence electrons. The van der Waals surface area contributed by atoms with E-state index in [2.05, 4.69) is 5.32 Å². The molecule has 6 nitrogen and oxygen atoms in total. The molecular formula is C14H16N2O4. The molecule has 1 heterocycles. The van der Waals surface area contributed by atoms with Gasteiger partial charge in [0.2, 0.25) is 5.91 Å². The SMILES string of the molecule is COc1cccc2c1ccn2CC(=O)NCCC(=O)O. The molecule has 0 spiro atoms. The van der Waals surface area contributed by atoms with Crippen LogP contribution in [0.25, 0.3) is 10.9 Å². The van der Waals surface area contributed by atoms with Crippen LogP contribution >= 0.6 is 0 Å². The van der Waals surface area contributed by atoms with Crippen molar-refractivity contribution < 1.29 is 19.4 Å². The molecular weight excluding hydrogens is 260 g/mol. The number of carboxylic acid groups (broad SMARTS) is 1. The number of amides is 1. The monoisotopic (exact) mass is 276 g/mol. The second-order valence-electron chi connectivity index (χ2n) is 4.33. The lowest BCUT2D eigenvalue weighted by molar-refractivity contribution is -0.136. The van der Waals surface area contributed by atoms with Gasteiger partial charge < -0.3 is 19.7 Å². The van der Waals surface area contributed by atoms with Gasteiger partial charge in [-0.2, -0.15) is 0 Å². The van der Waals surface area contributed by atoms with Gasteiger partial charge in [0.15, 0.2) is 0 Å². The Balaban J connectivity index is 2.06. The van der Waals surface area contributed by atoms with Crippen molar-refractivity contribution in [2.75, 3.05) is 13.7 Å². The number of ether oxygens (including phenoxy) is 1. The normalized spacial score (nSPS) is 10.4. The summed E-state index contributed by atoms with van der Waals surface area (Å²) in [6, 6.07) is 7.51. The van der Waals surface area contributed by atoms with Crippen LogP contribution in [0, 0.1) is 0 Å². The fraction of sp³-hybridized carbons (Fsp3) is 0.286. The van der Waals surface area contributed by atoms with Crippen LogP contribution in [0.3, 0.4) is 0 Å². The molecule has 0 unspecified atom stereocenters. The standard InChI is InChI=1S/C14H16N2O4/c1-20-12-4-2-3-11-10(12)6-8-16(11)9-13(17)15-7-5-14(18)19/h2-4,6,8H,5,7,9H2,1H3,(H,15,17)(H,18,19). The highest BCUT2D eigenvalue weighted by Crippen LogP contribution is 2.25. The van der Waals surface area contributed by atoms with Gasteiger partial charge >= 0.3 is 5.97 Å². The van der Waals surface area contributed by atoms with Crippen molar-refractivity contribution in [3.8, 4) is 5.75 Å². The zero-order valence-electron chi connectivity index (χ0n) is 11.1. The first-order valence-corrected chi connectivity index (χ1v) is 6.22. The molecule has 2 rings (SSSR count). The Hall–Kier alpha value is -2.50. The number of carbonyl (C=O) groups is 2. The molecule has 1 amide bonds. The molecule has 0 radical (unpaired) electrons. The molecule has 1 aromatic heterocycles. The molecule has 0 fully saturated rings. The summed E-state index contributed by atoms with van der Waals surface area (Å²) in [6.45, 7) is 0.285. The van der Waals surface area contributed by atoms with Crippen molar-refractivity contribution in [1.82, 2.24) is 9.88 Å². The maximum Gasteiger partial charge on any atom is 0.305 e. The number of hydrogen-bond donors (Lipinski definition) is 2. The molecule has 0 saturated heterocycles. The first-order chi connectivity index (χ1) is 9.61. The highest BCUT2D eigenvalue weighted by Gasteiger charge is 2.09. The summed E-state index contributed by atoms with van der Waals surface area (Å²) in [5, 5.41) is 12.0. The van der Waals surface area contributed by atoms with Crippen molar-refractivity contribution in [2.24, 2.45) is 0 Å². The molecule has 0 bridgehead atoms. The van der Waals surface area contributed by atoms with Crippen LogP contribution in [0.4, 0.5) is 0 Å². The van der Waals surface area contributed by atoms with Gasteiger partial charge in [-0.1, -0.05) is 6.07 Å². The maximum atomic E-state index is 11.7. The number of fused-ring (bicyclic) bond motifs is 1. The maximum absolute atomic E-state index is 11.7. The zero-order chi connectivity index (χ0) is 14.5. The Kier molecular flexibility index (Phi) is 4.24. The summed E-state index contributed by atoms with van der Waals surface area (Å²) < 4.78 is 7.06. The van der Waals surface area contributed by atoms with E-state index in [-0.39, 0.29) is 25.4 Å². The van der Waals surface area contributed by atoms with Gasteiger partial charge in [-0.05, 0) is 18.2 Å². The third kappa shape index (κ3) is 3.09. The van der Waals surface area contributed by atoms with Gasteiger partial charge in [-0.25, -0.2) is 0 Å². The molecule has 2 N–H and O–H groups in total. The zero-order valence-corrected chi connectivity index (χ0v) is 11.1. The molecule has 0 aliphatic heterocycles. The van der Waals surface area contributed by atoms with Gasteiger partial charge in [-0.15, -0.1) is 0 Å². The van der Waals surface area contributed by atoms with Crippen LogP contribution < -0.4 is 10.1 Å². The molecule has 0 saturated carbocycles. The van der Waals surface area contributed by atoms with Gasteiger partial charge in [-0.3, -0.25) is 9.59 Å². The van der Waals surface area contributed by atoms with Crippen molar-refractivity contribution in [3.63, 3.8) is 0 Å². The predicted octanol–water partition coefficient (Wildman–Crippen LogP) is 1.24. The minimum atomic E-state index is -0.929. The Labute approximate surface area is 116 Å². The van der Waals surface area contributed by atoms with E-state index in [0.717, 1.165) is 16.7 Å². The number of aliphatic carboxylic acids is 1. The van der Waals surface area contributed by atoms with E-state index in [1.54, 1.807) is 11.7 Å². The second kappa shape index (κ2) is 6.10. The first-order valence-electron chi connectivity index (χ1n) is 6.22. The Morgan fingerprint density at radius 3 is 2.85 bits per heavy atom. The summed E-state index contributed by atoms with van der Waals surface area (Å²) >= 11 is 0. The van der Waals surface area contributed by atoms with Crippen LogP contribution in [0.5, 0.6) is 5.75 Å². The number of carboxylic acids is 1. The van der Waals surface area contributed by atoms with Crippen LogP contribution in [0.15, 0.2) is 30.5 Å². The lowest BCUT2D eigenvalue weighted by Crippen LogP contribution is -2.29. The number of hydrogen-bond acceptors (Lipinski definition) is 3. The molecule has 0 aliphatic rings. The highest BCUT2D eigenvalue weighted by molar-refractivity contribution is 5.88. The van der Waals surface area contributed by atoms with Crippen LogP contribution in [-0.2, 0) is 16.1 Å². The summed E-state index contributed by atoms with van der Waals surface area (Å²) in [5.41, 5.74) is 0.901. The molecule has 20 heavy (non-hydrogen) atoms. The number of rotatable bonds is 6. The Morgan fingerprint density at radius 2 is 2.15 bits per heavy atom. The summed E-state index contributed by atoms with van der Waals surface area (Å²) in [5.74, 6) is -0.388. The highest BCUT2D eigenvalue weighted by atomic mass is 16.5. The van der Waals surface area contributed by atoms with E-state index >= 15 is 0 Å². The third-order valence-electron chi connectivity index (χ3n) is 2.97. The molecule has 2 aromatic rings. The topological polar surface area (TPSA) is 80.6 Å². The second-order valence-corrected chi connectivity index (χ2v) is 4.33. The number of nitrogens with one attached hydrogen (secondary N) is 1. The van der Waals surface area contributed by atoms with Crippen molar-refractivity contribution in [3.05, 3.63) is 30.5 Å². The minimum Gasteiger partial charge on any atom is -0.496 e. The van der Waals surface area contributed by atoms with E-state index in [1.165, 1.54) is 0 Å². The lowest BCUT2D eigenvalue weighted by atomic mass is 10.2. The summed E-state index contributed by atoms with van der Waals surface area (Å²) in [4.78, 5) is 22.1. The average Bonchev–Trinajstić information content (AvgIpc) is 2.81. The van der Waals surface area contributed by atoms with Crippen LogP contribution in [0.1, 0.15) is 6.42 Å². The minimum absolute atomic E-state index is 0.0774. The average molecular weight is 276 g/mol. The van der Waals surface area contributed by atoms with Gasteiger partial charge in [0, 0.05) is 18.1 Å². The van der Waals surface area contributed by atoms with Crippen LogP contribution in [-0.4, -0.2) is 35.2 Å². The molecule has 1 aromatic carbocycles. The number of methoxy groups -OCH3 is 1. The van der Waals surface area contributed by atoms with Crippen LogP contribution in [0.2, 0.25) is 0 Å². The van der Waals surface area contributed by atoms with E-state index in [4.69, 9.17) is 9.84 Å². The fourth-order valence-corrected chi connectivity index (χ4v) is 2.03. The number of benzene rings is 1. The van der Waals surface area contributed by atoms with E-state index in [9.17, 15) is 9.59 Å². The lowest BCUT2D eigenvalue weighted by Gasteiger charge is -2.07. The Morgan fingerprint density at radius 1 is 1.35 bits per heavy atom. The summed E-state index contributed by atoms with van der Waals surface area (Å²) in [7, 11) is 1.60. The quantitative estimate of drug-likeness (QED) is 0.832. The molecule has 0 aliphatic carbocycles. The third-order valence-corrected chi connectivity index (χ3v) is 2.97. The van der Waals surface area contributed by atoms with E-state index in [0.29, 0.717) is 0 Å². The smallest absolute Gasteiger partial charge is 0.305 e. The van der Waals surface area contributed by atoms with Gasteiger partial charge in [0.05, 0.1) is 19.0 Å². The Bertz CT molecular complexity index is 633. The van der Waals surface area contributed by atoms with E-state index in [1.807, 2.05) is 30.5 Å². The number of nitrogens with zero attached hydrogens (tertiary/aromatic N) is 1. The van der Waals surface area contributed by atoms with Gasteiger partial charge in [0.1, 0.15) is 12.3 Å². The summed E-state index contributed by atoms with van der Waals surface area (Å²) in [6.07, 6.45) is 1.73. The molecule has 6 heteroatoms. The van der Waals surface area contributed by atoms with Crippen molar-refractivity contribution >= 4 is 22.8 Å². The van der Waals surface area contributed by atoms with Crippen molar-refractivity contribution in [2.45, 2.75) is 13.0 Å². The van der Waals surface area contributed by atoms with Crippen molar-refractivity contribution in [1.29, 1.82) is 0 Å². The van der Waals surface area contributed by atoms with E-state index < -0.39 is 5.97 Å². The molecule has 0 atom stereocenters. The largest absolute Gasteiger partial charge is 0.496 e. The first kappa shape index (κ1) is 13.9. The predicted molar refractivity (Wildman–Crippen MR) is 73.8 cm³/mol.